The van der Waals surface area contributed by atoms with Gasteiger partial charge in [0, 0.05) is 38.8 Å². The molecule has 2 aliphatic heterocycles. The van der Waals surface area contributed by atoms with Gasteiger partial charge >= 0.3 is 0 Å². The number of halogens is 2. The number of carbonyl (C=O) groups excluding carboxylic acids is 1. The molecule has 2 saturated heterocycles. The smallest absolute Gasteiger partial charge is 0.256 e. The Morgan fingerprint density at radius 2 is 1.77 bits per heavy atom. The van der Waals surface area contributed by atoms with Gasteiger partial charge in [0.1, 0.15) is 11.6 Å². The van der Waals surface area contributed by atoms with Crippen LogP contribution in [0.4, 0.5) is 8.78 Å². The van der Waals surface area contributed by atoms with Gasteiger partial charge < -0.3 is 20.0 Å². The highest BCUT2D eigenvalue weighted by molar-refractivity contribution is 5.94. The highest BCUT2D eigenvalue weighted by Crippen LogP contribution is 2.28. The summed E-state index contributed by atoms with van der Waals surface area (Å²) in [7, 11) is 0. The van der Waals surface area contributed by atoms with Crippen molar-refractivity contribution in [2.45, 2.75) is 12.8 Å². The van der Waals surface area contributed by atoms with Crippen LogP contribution < -0.4 is 0 Å². The molecule has 0 radical (unpaired) electrons. The summed E-state index contributed by atoms with van der Waals surface area (Å²) in [4.78, 5) is 16.4. The minimum absolute atomic E-state index is 0.0345. The number of aliphatic hydroxyl groups is 2. The lowest BCUT2D eigenvalue weighted by atomic mass is 9.93. The van der Waals surface area contributed by atoms with Crippen molar-refractivity contribution < 1.29 is 23.8 Å². The molecule has 1 amide bonds. The average Bonchev–Trinajstić information content (AvgIpc) is 3.06. The summed E-state index contributed by atoms with van der Waals surface area (Å²) in [5.74, 6) is -1.50. The standard InChI is InChI=1S/C19H26F2N2O3/c20-16-1-2-18(21)17(7-16)19(26)23-9-14(15(10-23)12-25)8-22-5-3-13(11-24)4-6-22/h1-2,7,13-15,24-25H,3-6,8-12H2/t14-,15-/m0/s1. The van der Waals surface area contributed by atoms with Crippen LogP contribution in [0.1, 0.15) is 23.2 Å². The summed E-state index contributed by atoms with van der Waals surface area (Å²) in [5, 5.41) is 18.9. The molecule has 5 nitrogen and oxygen atoms in total. The molecule has 0 aromatic heterocycles. The summed E-state index contributed by atoms with van der Waals surface area (Å²) >= 11 is 0. The van der Waals surface area contributed by atoms with Crippen molar-refractivity contribution in [2.75, 3.05) is 45.9 Å². The van der Waals surface area contributed by atoms with Gasteiger partial charge in [-0.05, 0) is 56.0 Å². The molecule has 7 heteroatoms. The van der Waals surface area contributed by atoms with E-state index in [0.717, 1.165) is 50.7 Å². The van der Waals surface area contributed by atoms with Gasteiger partial charge in [0.15, 0.2) is 0 Å². The van der Waals surface area contributed by atoms with Gasteiger partial charge in [0.25, 0.3) is 5.91 Å². The molecule has 26 heavy (non-hydrogen) atoms. The fourth-order valence-corrected chi connectivity index (χ4v) is 4.03. The van der Waals surface area contributed by atoms with E-state index >= 15 is 0 Å². The average molecular weight is 368 g/mol. The van der Waals surface area contributed by atoms with Crippen molar-refractivity contribution in [1.82, 2.24) is 9.80 Å². The van der Waals surface area contributed by atoms with E-state index in [0.29, 0.717) is 19.0 Å². The van der Waals surface area contributed by atoms with Gasteiger partial charge in [-0.1, -0.05) is 0 Å². The van der Waals surface area contributed by atoms with Crippen molar-refractivity contribution in [3.05, 3.63) is 35.4 Å². The first kappa shape index (κ1) is 19.2. The number of carbonyl (C=O) groups is 1. The molecular weight excluding hydrogens is 342 g/mol. The number of hydrogen-bond acceptors (Lipinski definition) is 4. The van der Waals surface area contributed by atoms with E-state index < -0.39 is 17.5 Å². The van der Waals surface area contributed by atoms with E-state index in [4.69, 9.17) is 0 Å². The van der Waals surface area contributed by atoms with Crippen LogP contribution in [0, 0.1) is 29.4 Å². The molecule has 2 aliphatic rings. The second-order valence-corrected chi connectivity index (χ2v) is 7.46. The van der Waals surface area contributed by atoms with Gasteiger partial charge in [-0.15, -0.1) is 0 Å². The monoisotopic (exact) mass is 368 g/mol. The summed E-state index contributed by atoms with van der Waals surface area (Å²) in [5.41, 5.74) is -0.258. The Kier molecular flexibility index (Phi) is 6.21. The summed E-state index contributed by atoms with van der Waals surface area (Å²) in [6.45, 7) is 3.52. The maximum absolute atomic E-state index is 13.9. The molecule has 0 bridgehead atoms. The third kappa shape index (κ3) is 4.22. The summed E-state index contributed by atoms with van der Waals surface area (Å²) < 4.78 is 27.3. The highest BCUT2D eigenvalue weighted by atomic mass is 19.1. The van der Waals surface area contributed by atoms with E-state index in [-0.39, 0.29) is 30.6 Å². The van der Waals surface area contributed by atoms with Gasteiger partial charge in [-0.25, -0.2) is 8.78 Å². The maximum Gasteiger partial charge on any atom is 0.256 e. The molecule has 0 spiro atoms. The molecule has 2 heterocycles. The molecule has 1 aromatic rings. The lowest BCUT2D eigenvalue weighted by Gasteiger charge is -2.33. The topological polar surface area (TPSA) is 64.0 Å². The van der Waals surface area contributed by atoms with Gasteiger partial charge in [0.05, 0.1) is 5.56 Å². The van der Waals surface area contributed by atoms with E-state index in [1.165, 1.54) is 4.90 Å². The Bertz CT molecular complexity index is 635. The third-order valence-corrected chi connectivity index (χ3v) is 5.72. The molecule has 0 saturated carbocycles. The molecule has 2 N–H and O–H groups in total. The lowest BCUT2D eigenvalue weighted by molar-refractivity contribution is 0.0771. The van der Waals surface area contributed by atoms with Crippen molar-refractivity contribution in [1.29, 1.82) is 0 Å². The van der Waals surface area contributed by atoms with E-state index in [2.05, 4.69) is 4.90 Å². The first-order valence-electron chi connectivity index (χ1n) is 9.20. The van der Waals surface area contributed by atoms with Crippen LogP contribution >= 0.6 is 0 Å². The minimum Gasteiger partial charge on any atom is -0.396 e. The van der Waals surface area contributed by atoms with Crippen LogP contribution in [0.3, 0.4) is 0 Å². The fourth-order valence-electron chi connectivity index (χ4n) is 4.03. The molecule has 2 fully saturated rings. The van der Waals surface area contributed by atoms with E-state index in [9.17, 15) is 23.8 Å². The van der Waals surface area contributed by atoms with Gasteiger partial charge in [0.2, 0.25) is 0 Å². The number of likely N-dealkylation sites (tertiary alicyclic amines) is 2. The van der Waals surface area contributed by atoms with Crippen molar-refractivity contribution in [3.8, 4) is 0 Å². The number of rotatable bonds is 5. The van der Waals surface area contributed by atoms with Crippen LogP contribution in [-0.4, -0.2) is 71.9 Å². The quantitative estimate of drug-likeness (QED) is 0.824. The number of amides is 1. The SMILES string of the molecule is O=C(c1cc(F)ccc1F)N1C[C@@H](CO)[C@@H](CN2CCC(CO)CC2)C1. The van der Waals surface area contributed by atoms with Gasteiger partial charge in [-0.2, -0.15) is 0 Å². The van der Waals surface area contributed by atoms with E-state index in [1.54, 1.807) is 0 Å². The number of hydrogen-bond donors (Lipinski definition) is 2. The highest BCUT2D eigenvalue weighted by Gasteiger charge is 2.37. The van der Waals surface area contributed by atoms with Gasteiger partial charge in [-0.3, -0.25) is 4.79 Å². The molecule has 1 aromatic carbocycles. The van der Waals surface area contributed by atoms with Crippen LogP contribution in [0.2, 0.25) is 0 Å². The fraction of sp³-hybridized carbons (Fsp3) is 0.632. The number of benzene rings is 1. The summed E-state index contributed by atoms with van der Waals surface area (Å²) in [6, 6.07) is 2.88. The largest absolute Gasteiger partial charge is 0.396 e. The lowest BCUT2D eigenvalue weighted by Crippen LogP contribution is -2.40. The predicted octanol–water partition coefficient (Wildman–Crippen LogP) is 1.35. The number of nitrogens with zero attached hydrogens (tertiary/aromatic N) is 2. The summed E-state index contributed by atoms with van der Waals surface area (Å²) in [6.07, 6.45) is 1.90. The van der Waals surface area contributed by atoms with Crippen molar-refractivity contribution >= 4 is 5.91 Å². The molecular formula is C19H26F2N2O3. The van der Waals surface area contributed by atoms with Crippen LogP contribution in [0.15, 0.2) is 18.2 Å². The predicted molar refractivity (Wildman–Crippen MR) is 92.6 cm³/mol. The first-order chi connectivity index (χ1) is 12.5. The van der Waals surface area contributed by atoms with Crippen molar-refractivity contribution in [2.24, 2.45) is 17.8 Å². The van der Waals surface area contributed by atoms with Crippen molar-refractivity contribution in [3.63, 3.8) is 0 Å². The number of piperidine rings is 1. The van der Waals surface area contributed by atoms with Crippen LogP contribution in [0.5, 0.6) is 0 Å². The normalized spacial score (nSPS) is 25.0. The van der Waals surface area contributed by atoms with Crippen LogP contribution in [-0.2, 0) is 0 Å². The Labute approximate surface area is 152 Å². The third-order valence-electron chi connectivity index (χ3n) is 5.72. The second-order valence-electron chi connectivity index (χ2n) is 7.46. The number of aliphatic hydroxyl groups excluding tert-OH is 2. The van der Waals surface area contributed by atoms with E-state index in [1.807, 2.05) is 0 Å². The zero-order valence-electron chi connectivity index (χ0n) is 14.8. The molecule has 144 valence electrons. The molecule has 0 unspecified atom stereocenters. The molecule has 0 aliphatic carbocycles. The molecule has 3 rings (SSSR count). The van der Waals surface area contributed by atoms with Crippen LogP contribution in [0.25, 0.3) is 0 Å². The molecule has 2 atom stereocenters. The Balaban J connectivity index is 1.63. The second kappa shape index (κ2) is 8.41. The minimum atomic E-state index is -0.730. The Hall–Kier alpha value is -1.57. The maximum atomic E-state index is 13.9. The first-order valence-corrected chi connectivity index (χ1v) is 9.20. The zero-order valence-corrected chi connectivity index (χ0v) is 14.8. The Morgan fingerprint density at radius 3 is 2.42 bits per heavy atom. The Morgan fingerprint density at radius 1 is 1.08 bits per heavy atom. The zero-order chi connectivity index (χ0) is 18.7.